The van der Waals surface area contributed by atoms with Gasteiger partial charge in [-0.3, -0.25) is 4.79 Å². The summed E-state index contributed by atoms with van der Waals surface area (Å²) in [5.41, 5.74) is 12.5. The van der Waals surface area contributed by atoms with Crippen LogP contribution in [-0.4, -0.2) is 31.2 Å². The van der Waals surface area contributed by atoms with Crippen molar-refractivity contribution in [1.82, 2.24) is 0 Å². The van der Waals surface area contributed by atoms with Crippen LogP contribution in [0.25, 0.3) is 0 Å². The minimum absolute atomic E-state index is 0.343. The fourth-order valence-corrected chi connectivity index (χ4v) is 3.08. The van der Waals surface area contributed by atoms with Crippen LogP contribution in [0.3, 0.4) is 0 Å². The molecule has 0 unspecified atom stereocenters. The third kappa shape index (κ3) is 4.98. The minimum Gasteiger partial charge on any atom is -0.383 e. The van der Waals surface area contributed by atoms with Crippen LogP contribution < -0.4 is 16.8 Å². The van der Waals surface area contributed by atoms with E-state index in [0.717, 1.165) is 37.9 Å². The number of carbonyl (C=O) groups excluding carboxylic acids is 1. The van der Waals surface area contributed by atoms with E-state index in [1.54, 1.807) is 6.07 Å². The van der Waals surface area contributed by atoms with Crippen LogP contribution in [0.2, 0.25) is 0 Å². The molecule has 0 heterocycles. The monoisotopic (exact) mass is 355 g/mol. The number of hydrogen-bond acceptors (Lipinski definition) is 4. The molecule has 6 heteroatoms. The second kappa shape index (κ2) is 7.77. The number of nitrogens with one attached hydrogen (secondary N) is 1. The lowest BCUT2D eigenvalue weighted by Crippen LogP contribution is -2.31. The molecule has 0 saturated heterocycles. The topological polar surface area (TPSA) is 90.4 Å². The predicted molar refractivity (Wildman–Crippen MR) is 87.3 cm³/mol. The summed E-state index contributed by atoms with van der Waals surface area (Å²) in [7, 11) is 0. The van der Waals surface area contributed by atoms with E-state index in [1.165, 1.54) is 0 Å². The molecule has 0 atom stereocenters. The zero-order valence-corrected chi connectivity index (χ0v) is 13.6. The SMILES string of the molecule is NC(=O)c1ccc(NCCOC2CCC(N)CC2)cc1Br. The van der Waals surface area contributed by atoms with Crippen molar-refractivity contribution in [2.75, 3.05) is 18.5 Å². The quantitative estimate of drug-likeness (QED) is 0.682. The van der Waals surface area contributed by atoms with Crippen LogP contribution >= 0.6 is 15.9 Å². The fraction of sp³-hybridized carbons (Fsp3) is 0.533. The number of anilines is 1. The summed E-state index contributed by atoms with van der Waals surface area (Å²) in [6.07, 6.45) is 4.56. The van der Waals surface area contributed by atoms with Gasteiger partial charge in [0.15, 0.2) is 0 Å². The number of amides is 1. The molecule has 1 aromatic carbocycles. The summed E-state index contributed by atoms with van der Waals surface area (Å²) in [6, 6.07) is 5.74. The first-order valence-corrected chi connectivity index (χ1v) is 8.06. The van der Waals surface area contributed by atoms with Gasteiger partial charge in [0.2, 0.25) is 5.91 Å². The normalized spacial score (nSPS) is 22.0. The van der Waals surface area contributed by atoms with Crippen LogP contribution in [0.15, 0.2) is 22.7 Å². The van der Waals surface area contributed by atoms with Crippen LogP contribution in [0, 0.1) is 0 Å². The van der Waals surface area contributed by atoms with E-state index in [9.17, 15) is 4.79 Å². The van der Waals surface area contributed by atoms with Crippen molar-refractivity contribution < 1.29 is 9.53 Å². The Morgan fingerprint density at radius 3 is 2.67 bits per heavy atom. The average Bonchev–Trinajstić information content (AvgIpc) is 2.45. The second-order valence-corrected chi connectivity index (χ2v) is 6.25. The molecule has 21 heavy (non-hydrogen) atoms. The van der Waals surface area contributed by atoms with Crippen molar-refractivity contribution in [1.29, 1.82) is 0 Å². The van der Waals surface area contributed by atoms with Crippen molar-refractivity contribution in [3.8, 4) is 0 Å². The van der Waals surface area contributed by atoms with Crippen LogP contribution in [0.4, 0.5) is 5.69 Å². The molecule has 0 spiro atoms. The Morgan fingerprint density at radius 2 is 2.05 bits per heavy atom. The molecular weight excluding hydrogens is 334 g/mol. The van der Waals surface area contributed by atoms with Crippen molar-refractivity contribution in [2.24, 2.45) is 11.5 Å². The molecular formula is C15H22BrN3O2. The van der Waals surface area contributed by atoms with Gasteiger partial charge in [-0.1, -0.05) is 0 Å². The molecule has 116 valence electrons. The van der Waals surface area contributed by atoms with E-state index in [2.05, 4.69) is 21.2 Å². The number of rotatable bonds is 6. The molecule has 1 saturated carbocycles. The van der Waals surface area contributed by atoms with E-state index in [-0.39, 0.29) is 0 Å². The highest BCUT2D eigenvalue weighted by Gasteiger charge is 2.18. The van der Waals surface area contributed by atoms with E-state index >= 15 is 0 Å². The van der Waals surface area contributed by atoms with Gasteiger partial charge in [0.25, 0.3) is 0 Å². The Kier molecular flexibility index (Phi) is 6.02. The maximum absolute atomic E-state index is 11.1. The summed E-state index contributed by atoms with van der Waals surface area (Å²) in [5, 5.41) is 3.27. The first-order chi connectivity index (χ1) is 10.1. The van der Waals surface area contributed by atoms with Crippen molar-refractivity contribution in [3.05, 3.63) is 28.2 Å². The van der Waals surface area contributed by atoms with Gasteiger partial charge in [0.05, 0.1) is 18.3 Å². The smallest absolute Gasteiger partial charge is 0.249 e. The number of hydrogen-bond donors (Lipinski definition) is 3. The molecule has 1 aliphatic carbocycles. The van der Waals surface area contributed by atoms with E-state index in [4.69, 9.17) is 16.2 Å². The van der Waals surface area contributed by atoms with Gasteiger partial charge < -0.3 is 21.5 Å². The van der Waals surface area contributed by atoms with E-state index in [0.29, 0.717) is 28.8 Å². The lowest BCUT2D eigenvalue weighted by Gasteiger charge is -2.26. The molecule has 5 nitrogen and oxygen atoms in total. The Labute approximate surface area is 133 Å². The van der Waals surface area contributed by atoms with Gasteiger partial charge in [0, 0.05) is 22.7 Å². The minimum atomic E-state index is -0.438. The van der Waals surface area contributed by atoms with Crippen LogP contribution in [0.5, 0.6) is 0 Å². The Bertz CT molecular complexity index is 488. The second-order valence-electron chi connectivity index (χ2n) is 5.39. The first-order valence-electron chi connectivity index (χ1n) is 7.26. The molecule has 2 rings (SSSR count). The average molecular weight is 356 g/mol. The molecule has 0 radical (unpaired) electrons. The van der Waals surface area contributed by atoms with Crippen LogP contribution in [0.1, 0.15) is 36.0 Å². The van der Waals surface area contributed by atoms with Crippen molar-refractivity contribution in [2.45, 2.75) is 37.8 Å². The summed E-state index contributed by atoms with van der Waals surface area (Å²) in [4.78, 5) is 11.1. The number of benzene rings is 1. The largest absolute Gasteiger partial charge is 0.383 e. The van der Waals surface area contributed by atoms with Gasteiger partial charge >= 0.3 is 0 Å². The van der Waals surface area contributed by atoms with Gasteiger partial charge in [-0.25, -0.2) is 0 Å². The lowest BCUT2D eigenvalue weighted by molar-refractivity contribution is 0.0313. The van der Waals surface area contributed by atoms with E-state index in [1.807, 2.05) is 12.1 Å². The summed E-state index contributed by atoms with van der Waals surface area (Å²) in [6.45, 7) is 1.39. The molecule has 1 fully saturated rings. The van der Waals surface area contributed by atoms with E-state index < -0.39 is 5.91 Å². The molecule has 0 aliphatic heterocycles. The van der Waals surface area contributed by atoms with Gasteiger partial charge in [0.1, 0.15) is 0 Å². The molecule has 5 N–H and O–H groups in total. The standard InChI is InChI=1S/C15H22BrN3O2/c16-14-9-11(3-6-13(14)15(18)20)19-7-8-21-12-4-1-10(17)2-5-12/h3,6,9-10,12,19H,1-2,4-5,7-8,17H2,(H2,18,20). The Morgan fingerprint density at radius 1 is 1.33 bits per heavy atom. The van der Waals surface area contributed by atoms with Crippen molar-refractivity contribution in [3.63, 3.8) is 0 Å². The maximum Gasteiger partial charge on any atom is 0.249 e. The lowest BCUT2D eigenvalue weighted by atomic mass is 9.94. The Balaban J connectivity index is 1.71. The Hall–Kier alpha value is -1.11. The number of nitrogens with two attached hydrogens (primary N) is 2. The third-order valence-corrected chi connectivity index (χ3v) is 4.39. The highest BCUT2D eigenvalue weighted by Crippen LogP contribution is 2.22. The zero-order valence-electron chi connectivity index (χ0n) is 12.0. The molecule has 1 aromatic rings. The predicted octanol–water partition coefficient (Wildman–Crippen LogP) is 2.25. The summed E-state index contributed by atoms with van der Waals surface area (Å²) < 4.78 is 6.54. The molecule has 1 aliphatic rings. The fourth-order valence-electron chi connectivity index (χ4n) is 2.50. The highest BCUT2D eigenvalue weighted by atomic mass is 79.9. The highest BCUT2D eigenvalue weighted by molar-refractivity contribution is 9.10. The summed E-state index contributed by atoms with van der Waals surface area (Å²) in [5.74, 6) is -0.438. The zero-order chi connectivity index (χ0) is 15.2. The van der Waals surface area contributed by atoms with Gasteiger partial charge in [-0.05, 0) is 59.8 Å². The first kappa shape index (κ1) is 16.3. The van der Waals surface area contributed by atoms with Crippen LogP contribution in [-0.2, 0) is 4.74 Å². The number of carbonyl (C=O) groups is 1. The molecule has 0 bridgehead atoms. The third-order valence-electron chi connectivity index (χ3n) is 3.74. The van der Waals surface area contributed by atoms with Crippen molar-refractivity contribution >= 4 is 27.5 Å². The van der Waals surface area contributed by atoms with Gasteiger partial charge in [-0.2, -0.15) is 0 Å². The number of ether oxygens (including phenoxy) is 1. The van der Waals surface area contributed by atoms with Gasteiger partial charge in [-0.15, -0.1) is 0 Å². The molecule has 0 aromatic heterocycles. The maximum atomic E-state index is 11.1. The summed E-state index contributed by atoms with van der Waals surface area (Å²) >= 11 is 3.34. The number of halogens is 1. The molecule has 1 amide bonds. The number of primary amides is 1.